The van der Waals surface area contributed by atoms with E-state index in [1.165, 1.54) is 0 Å². The molecule has 0 bridgehead atoms. The average molecular weight is 358 g/mol. The molecule has 1 aromatic heterocycles. The van der Waals surface area contributed by atoms with Crippen molar-refractivity contribution in [2.75, 3.05) is 25.4 Å². The normalized spacial score (nSPS) is 19.2. The first kappa shape index (κ1) is 18.3. The Morgan fingerprint density at radius 3 is 2.69 bits per heavy atom. The minimum Gasteiger partial charge on any atom is -0.444 e. The highest BCUT2D eigenvalue weighted by molar-refractivity contribution is 5.68. The van der Waals surface area contributed by atoms with E-state index in [4.69, 9.17) is 15.2 Å². The van der Waals surface area contributed by atoms with Gasteiger partial charge in [0, 0.05) is 12.7 Å². The van der Waals surface area contributed by atoms with Crippen LogP contribution in [0.2, 0.25) is 0 Å². The maximum atomic E-state index is 12.5. The minimum atomic E-state index is -0.528. The molecule has 1 fully saturated rings. The van der Waals surface area contributed by atoms with Gasteiger partial charge in [-0.15, -0.1) is 0 Å². The summed E-state index contributed by atoms with van der Waals surface area (Å²) in [5.41, 5.74) is 6.97. The molecule has 0 aliphatic carbocycles. The molecule has 3 rings (SSSR count). The van der Waals surface area contributed by atoms with Gasteiger partial charge in [0.15, 0.2) is 0 Å². The molecule has 2 N–H and O–H groups in total. The molecule has 26 heavy (non-hydrogen) atoms. The summed E-state index contributed by atoms with van der Waals surface area (Å²) >= 11 is 0. The van der Waals surface area contributed by atoms with E-state index in [0.717, 1.165) is 5.56 Å². The zero-order valence-electron chi connectivity index (χ0n) is 15.5. The van der Waals surface area contributed by atoms with Crippen LogP contribution in [0.3, 0.4) is 0 Å². The van der Waals surface area contributed by atoms with Gasteiger partial charge in [0.2, 0.25) is 0 Å². The van der Waals surface area contributed by atoms with Crippen molar-refractivity contribution in [3.8, 4) is 0 Å². The summed E-state index contributed by atoms with van der Waals surface area (Å²) in [4.78, 5) is 14.2. The van der Waals surface area contributed by atoms with Crippen molar-refractivity contribution in [3.05, 3.63) is 48.3 Å². The number of ether oxygens (including phenoxy) is 2. The van der Waals surface area contributed by atoms with Crippen LogP contribution in [0.4, 0.5) is 10.5 Å². The van der Waals surface area contributed by atoms with E-state index < -0.39 is 5.60 Å². The lowest BCUT2D eigenvalue weighted by atomic mass is 10.00. The van der Waals surface area contributed by atoms with Crippen LogP contribution < -0.4 is 5.73 Å². The Labute approximate surface area is 153 Å². The van der Waals surface area contributed by atoms with Gasteiger partial charge >= 0.3 is 6.09 Å². The molecular formula is C19H26N4O3. The Hall–Kier alpha value is -2.54. The topological polar surface area (TPSA) is 82.6 Å². The third-order valence-electron chi connectivity index (χ3n) is 4.14. The number of nitrogens with two attached hydrogens (primary N) is 1. The summed E-state index contributed by atoms with van der Waals surface area (Å²) in [5.74, 6) is 0. The number of carbonyl (C=O) groups is 1. The van der Waals surface area contributed by atoms with Gasteiger partial charge in [0.05, 0.1) is 25.0 Å². The number of morpholine rings is 1. The average Bonchev–Trinajstić information content (AvgIpc) is 3.01. The lowest BCUT2D eigenvalue weighted by molar-refractivity contribution is -0.0563. The first-order chi connectivity index (χ1) is 12.3. The zero-order chi connectivity index (χ0) is 18.7. The van der Waals surface area contributed by atoms with Crippen molar-refractivity contribution < 1.29 is 14.3 Å². The van der Waals surface area contributed by atoms with Gasteiger partial charge < -0.3 is 20.1 Å². The highest BCUT2D eigenvalue weighted by Crippen LogP contribution is 2.27. The number of aromatic nitrogens is 2. The van der Waals surface area contributed by atoms with E-state index in [9.17, 15) is 4.79 Å². The van der Waals surface area contributed by atoms with Gasteiger partial charge in [0.25, 0.3) is 0 Å². The quantitative estimate of drug-likeness (QED) is 0.912. The van der Waals surface area contributed by atoms with E-state index >= 15 is 0 Å². The number of nitrogens with zero attached hydrogens (tertiary/aromatic N) is 3. The SMILES string of the molecule is CC(C)(C)OC(=O)N1CCO[C@@H](C(c2ccccc2)n2cc(N)cn2)C1. The van der Waals surface area contributed by atoms with Crippen LogP contribution in [0.1, 0.15) is 32.4 Å². The summed E-state index contributed by atoms with van der Waals surface area (Å²) < 4.78 is 13.3. The number of nitrogen functional groups attached to an aromatic ring is 1. The van der Waals surface area contributed by atoms with Crippen molar-refractivity contribution in [1.82, 2.24) is 14.7 Å². The fourth-order valence-electron chi connectivity index (χ4n) is 3.05. The van der Waals surface area contributed by atoms with Crippen molar-refractivity contribution in [1.29, 1.82) is 0 Å². The summed E-state index contributed by atoms with van der Waals surface area (Å²) in [6.45, 7) is 6.97. The Bertz CT molecular complexity index is 739. The summed E-state index contributed by atoms with van der Waals surface area (Å²) in [7, 11) is 0. The van der Waals surface area contributed by atoms with Gasteiger partial charge in [-0.25, -0.2) is 4.79 Å². The molecule has 0 saturated carbocycles. The molecule has 0 spiro atoms. The molecule has 1 amide bonds. The second-order valence-corrected chi connectivity index (χ2v) is 7.44. The number of anilines is 1. The number of amides is 1. The fourth-order valence-corrected chi connectivity index (χ4v) is 3.05. The molecule has 1 unspecified atom stereocenters. The smallest absolute Gasteiger partial charge is 0.410 e. The summed E-state index contributed by atoms with van der Waals surface area (Å²) in [6, 6.07) is 9.79. The maximum Gasteiger partial charge on any atom is 0.410 e. The molecule has 1 saturated heterocycles. The molecule has 0 radical (unpaired) electrons. The Balaban J connectivity index is 1.84. The Morgan fingerprint density at radius 2 is 2.08 bits per heavy atom. The van der Waals surface area contributed by atoms with Gasteiger partial charge in [-0.1, -0.05) is 30.3 Å². The van der Waals surface area contributed by atoms with Gasteiger partial charge in [-0.05, 0) is 26.3 Å². The van der Waals surface area contributed by atoms with E-state index in [-0.39, 0.29) is 18.2 Å². The van der Waals surface area contributed by atoms with Crippen LogP contribution in [0.25, 0.3) is 0 Å². The van der Waals surface area contributed by atoms with E-state index in [2.05, 4.69) is 5.10 Å². The molecule has 1 aromatic carbocycles. The molecule has 2 heterocycles. The van der Waals surface area contributed by atoms with E-state index in [1.54, 1.807) is 22.0 Å². The highest BCUT2D eigenvalue weighted by Gasteiger charge is 2.34. The predicted octanol–water partition coefficient (Wildman–Crippen LogP) is 2.69. The van der Waals surface area contributed by atoms with Crippen LogP contribution in [0, 0.1) is 0 Å². The highest BCUT2D eigenvalue weighted by atomic mass is 16.6. The van der Waals surface area contributed by atoms with Gasteiger partial charge in [-0.2, -0.15) is 5.10 Å². The second kappa shape index (κ2) is 7.37. The maximum absolute atomic E-state index is 12.5. The molecule has 1 aliphatic rings. The van der Waals surface area contributed by atoms with Crippen molar-refractivity contribution >= 4 is 11.8 Å². The molecule has 7 nitrogen and oxygen atoms in total. The van der Waals surface area contributed by atoms with Crippen molar-refractivity contribution in [2.24, 2.45) is 0 Å². The van der Waals surface area contributed by atoms with Crippen LogP contribution in [0.5, 0.6) is 0 Å². The van der Waals surface area contributed by atoms with Crippen LogP contribution in [0.15, 0.2) is 42.7 Å². The third-order valence-corrected chi connectivity index (χ3v) is 4.14. The van der Waals surface area contributed by atoms with Gasteiger partial charge in [0.1, 0.15) is 17.7 Å². The molecule has 2 atom stereocenters. The second-order valence-electron chi connectivity index (χ2n) is 7.44. The molecular weight excluding hydrogens is 332 g/mol. The fraction of sp³-hybridized carbons (Fsp3) is 0.474. The molecule has 140 valence electrons. The number of hydrogen-bond donors (Lipinski definition) is 1. The number of rotatable bonds is 3. The minimum absolute atomic E-state index is 0.182. The molecule has 7 heteroatoms. The lowest BCUT2D eigenvalue weighted by Crippen LogP contribution is -2.50. The lowest BCUT2D eigenvalue weighted by Gasteiger charge is -2.37. The monoisotopic (exact) mass is 358 g/mol. The van der Waals surface area contributed by atoms with Crippen LogP contribution >= 0.6 is 0 Å². The van der Waals surface area contributed by atoms with Crippen LogP contribution in [-0.4, -0.2) is 52.2 Å². The Morgan fingerprint density at radius 1 is 1.35 bits per heavy atom. The first-order valence-electron chi connectivity index (χ1n) is 8.77. The standard InChI is InChI=1S/C19H26N4O3/c1-19(2,3)26-18(24)22-9-10-25-16(13-22)17(14-7-5-4-6-8-14)23-12-15(20)11-21-23/h4-8,11-12,16-17H,9-10,13,20H2,1-3H3/t16-,17?/m1/s1. The predicted molar refractivity (Wildman–Crippen MR) is 98.8 cm³/mol. The Kier molecular flexibility index (Phi) is 5.18. The number of benzene rings is 1. The zero-order valence-corrected chi connectivity index (χ0v) is 15.5. The van der Waals surface area contributed by atoms with E-state index in [1.807, 2.05) is 51.1 Å². The molecule has 1 aliphatic heterocycles. The van der Waals surface area contributed by atoms with Crippen molar-refractivity contribution in [2.45, 2.75) is 38.5 Å². The summed E-state index contributed by atoms with van der Waals surface area (Å²) in [6.07, 6.45) is 2.83. The number of hydrogen-bond acceptors (Lipinski definition) is 5. The summed E-state index contributed by atoms with van der Waals surface area (Å²) in [5, 5.41) is 4.37. The van der Waals surface area contributed by atoms with Crippen molar-refractivity contribution in [3.63, 3.8) is 0 Å². The largest absolute Gasteiger partial charge is 0.444 e. The number of carbonyl (C=O) groups excluding carboxylic acids is 1. The van der Waals surface area contributed by atoms with E-state index in [0.29, 0.717) is 25.4 Å². The van der Waals surface area contributed by atoms with Gasteiger partial charge in [-0.3, -0.25) is 4.68 Å². The third kappa shape index (κ3) is 4.35. The first-order valence-corrected chi connectivity index (χ1v) is 8.77. The van der Waals surface area contributed by atoms with Crippen LogP contribution in [-0.2, 0) is 9.47 Å². The molecule has 2 aromatic rings.